The molecule has 8 heteroatoms. The zero-order valence-corrected chi connectivity index (χ0v) is 25.2. The number of benzene rings is 2. The lowest BCUT2D eigenvalue weighted by molar-refractivity contribution is 0.100. The van der Waals surface area contributed by atoms with E-state index >= 15 is 0 Å². The van der Waals surface area contributed by atoms with E-state index in [1.807, 2.05) is 25.1 Å². The van der Waals surface area contributed by atoms with Gasteiger partial charge in [-0.25, -0.2) is 12.7 Å². The maximum absolute atomic E-state index is 11.9. The summed E-state index contributed by atoms with van der Waals surface area (Å²) in [6.45, 7) is 16.5. The number of allylic oxidation sites excluding steroid dienone is 1. The van der Waals surface area contributed by atoms with E-state index in [0.717, 1.165) is 60.3 Å². The quantitative estimate of drug-likeness (QED) is 0.264. The van der Waals surface area contributed by atoms with Crippen LogP contribution in [0.2, 0.25) is 0 Å². The van der Waals surface area contributed by atoms with Crippen molar-refractivity contribution in [3.05, 3.63) is 59.7 Å². The zero-order valence-electron chi connectivity index (χ0n) is 24.4. The van der Waals surface area contributed by atoms with Crippen LogP contribution in [-0.4, -0.2) is 51.6 Å². The van der Waals surface area contributed by atoms with E-state index in [9.17, 15) is 13.2 Å². The zero-order chi connectivity index (χ0) is 28.9. The number of carbonyl (C=O) groups excluding carboxylic acids is 1. The van der Waals surface area contributed by atoms with Crippen LogP contribution in [0.4, 0.5) is 5.69 Å². The molecule has 0 aliphatic rings. The first-order valence-electron chi connectivity index (χ1n) is 13.5. The van der Waals surface area contributed by atoms with Crippen LogP contribution in [-0.2, 0) is 16.6 Å². The van der Waals surface area contributed by atoms with Gasteiger partial charge in [0.05, 0.1) is 17.0 Å². The van der Waals surface area contributed by atoms with Gasteiger partial charge in [0.25, 0.3) is 5.91 Å². The van der Waals surface area contributed by atoms with E-state index in [1.165, 1.54) is 9.87 Å². The largest absolute Gasteiger partial charge is 0.387 e. The van der Waals surface area contributed by atoms with Gasteiger partial charge in [-0.15, -0.1) is 0 Å². The highest BCUT2D eigenvalue weighted by atomic mass is 32.2. The van der Waals surface area contributed by atoms with E-state index in [2.05, 4.69) is 56.2 Å². The Hall–Kier alpha value is -2.68. The van der Waals surface area contributed by atoms with Gasteiger partial charge in [0.15, 0.2) is 0 Å². The Labute approximate surface area is 230 Å². The fraction of sp³-hybridized carbons (Fsp3) is 0.500. The Balaban J connectivity index is 0.000000471. The van der Waals surface area contributed by atoms with Gasteiger partial charge in [0.2, 0.25) is 10.0 Å². The van der Waals surface area contributed by atoms with Crippen molar-refractivity contribution >= 4 is 27.2 Å². The van der Waals surface area contributed by atoms with Gasteiger partial charge < -0.3 is 16.4 Å². The molecule has 1 amide bonds. The molecule has 0 heterocycles. The normalized spacial score (nSPS) is 12.0. The molecule has 0 bridgehead atoms. The second-order valence-corrected chi connectivity index (χ2v) is 12.1. The minimum absolute atomic E-state index is 0.198. The van der Waals surface area contributed by atoms with Crippen LogP contribution in [0.5, 0.6) is 0 Å². The Morgan fingerprint density at radius 1 is 1.11 bits per heavy atom. The molecule has 4 N–H and O–H groups in total. The topological polar surface area (TPSA) is 105 Å². The molecule has 0 fully saturated rings. The molecule has 0 aliphatic carbocycles. The van der Waals surface area contributed by atoms with Gasteiger partial charge in [0.1, 0.15) is 0 Å². The Morgan fingerprint density at radius 3 is 2.29 bits per heavy atom. The van der Waals surface area contributed by atoms with E-state index < -0.39 is 15.9 Å². The standard InChI is InChI=1S/C21H27N3O.C9H21NO2S/c1-5-9-24-13-15-7-6-8-16(10-15)17-11-18(14(2)3)20(23-4)19(12-17)21(22)25;1-5-9(3)7-8-10(4)13(11,12)6-2/h6-8,10-12,23-24H,2,5,9,13H2,1,3-4H3,(H2,22,25);9H,5-8H2,1-4H3. The SMILES string of the molecule is C=C(C)c1cc(-c2cccc(CNCCC)c2)cc(C(N)=O)c1NC.CCC(C)CCN(C)S(=O)(=O)CC. The molecule has 7 nitrogen and oxygen atoms in total. The van der Waals surface area contributed by atoms with E-state index in [1.54, 1.807) is 21.0 Å². The maximum Gasteiger partial charge on any atom is 0.250 e. The minimum Gasteiger partial charge on any atom is -0.387 e. The fourth-order valence-electron chi connectivity index (χ4n) is 3.85. The van der Waals surface area contributed by atoms with Crippen molar-refractivity contribution in [3.8, 4) is 11.1 Å². The summed E-state index contributed by atoms with van der Waals surface area (Å²) >= 11 is 0. The van der Waals surface area contributed by atoms with E-state index in [-0.39, 0.29) is 5.75 Å². The molecule has 212 valence electrons. The molecule has 0 saturated heterocycles. The van der Waals surface area contributed by atoms with E-state index in [0.29, 0.717) is 18.0 Å². The third-order valence-electron chi connectivity index (χ3n) is 6.60. The summed E-state index contributed by atoms with van der Waals surface area (Å²) < 4.78 is 24.1. The molecule has 38 heavy (non-hydrogen) atoms. The van der Waals surface area contributed by atoms with Crippen LogP contribution in [0.25, 0.3) is 16.7 Å². The molecule has 0 saturated carbocycles. The first-order chi connectivity index (χ1) is 17.9. The average Bonchev–Trinajstić information content (AvgIpc) is 2.91. The van der Waals surface area contributed by atoms with Crippen LogP contribution < -0.4 is 16.4 Å². The molecule has 0 aromatic heterocycles. The maximum atomic E-state index is 11.9. The van der Waals surface area contributed by atoms with Crippen molar-refractivity contribution in [1.82, 2.24) is 9.62 Å². The predicted octanol–water partition coefficient (Wildman–Crippen LogP) is 5.73. The average molecular weight is 545 g/mol. The van der Waals surface area contributed by atoms with Crippen molar-refractivity contribution in [2.75, 3.05) is 38.3 Å². The highest BCUT2D eigenvalue weighted by Crippen LogP contribution is 2.33. The summed E-state index contributed by atoms with van der Waals surface area (Å²) in [7, 11) is 0.471. The fourth-order valence-corrected chi connectivity index (χ4v) is 4.67. The van der Waals surface area contributed by atoms with Crippen molar-refractivity contribution in [2.24, 2.45) is 11.7 Å². The van der Waals surface area contributed by atoms with Crippen LogP contribution in [0, 0.1) is 5.92 Å². The summed E-state index contributed by atoms with van der Waals surface area (Å²) in [6.07, 6.45) is 3.17. The van der Waals surface area contributed by atoms with Crippen molar-refractivity contribution < 1.29 is 13.2 Å². The third-order valence-corrected chi connectivity index (χ3v) is 8.47. The third kappa shape index (κ3) is 10.2. The molecule has 0 spiro atoms. The lowest BCUT2D eigenvalue weighted by Crippen LogP contribution is -2.30. The van der Waals surface area contributed by atoms with Crippen molar-refractivity contribution in [2.45, 2.75) is 60.4 Å². The molecule has 0 aliphatic heterocycles. The van der Waals surface area contributed by atoms with Crippen LogP contribution >= 0.6 is 0 Å². The first-order valence-corrected chi connectivity index (χ1v) is 15.1. The molecule has 2 rings (SSSR count). The van der Waals surface area contributed by atoms with Gasteiger partial charge in [-0.05, 0) is 79.6 Å². The molecule has 1 unspecified atom stereocenters. The second-order valence-electron chi connectivity index (χ2n) is 9.74. The lowest BCUT2D eigenvalue weighted by atomic mass is 9.94. The molecule has 1 atom stereocenters. The van der Waals surface area contributed by atoms with Crippen LogP contribution in [0.3, 0.4) is 0 Å². The number of sulfonamides is 1. The monoisotopic (exact) mass is 544 g/mol. The lowest BCUT2D eigenvalue weighted by Gasteiger charge is -2.17. The van der Waals surface area contributed by atoms with Gasteiger partial charge in [-0.2, -0.15) is 0 Å². The minimum atomic E-state index is -2.97. The highest BCUT2D eigenvalue weighted by molar-refractivity contribution is 7.89. The van der Waals surface area contributed by atoms with E-state index in [4.69, 9.17) is 5.73 Å². The number of nitrogens with two attached hydrogens (primary N) is 1. The second kappa shape index (κ2) is 16.3. The molecule has 0 radical (unpaired) electrons. The van der Waals surface area contributed by atoms with Crippen molar-refractivity contribution in [1.29, 1.82) is 0 Å². The van der Waals surface area contributed by atoms with Crippen molar-refractivity contribution in [3.63, 3.8) is 0 Å². The number of primary amides is 1. The number of anilines is 1. The Bertz CT molecular complexity index is 1130. The molecular formula is C30H48N4O3S. The summed E-state index contributed by atoms with van der Waals surface area (Å²) in [5.74, 6) is 0.355. The first kappa shape index (κ1) is 33.3. The number of hydrogen-bond donors (Lipinski definition) is 3. The summed E-state index contributed by atoms with van der Waals surface area (Å²) in [4.78, 5) is 11.9. The summed E-state index contributed by atoms with van der Waals surface area (Å²) in [5.41, 5.74) is 11.8. The van der Waals surface area contributed by atoms with Crippen LogP contribution in [0.1, 0.15) is 75.4 Å². The highest BCUT2D eigenvalue weighted by Gasteiger charge is 2.16. The number of amides is 1. The molecular weight excluding hydrogens is 496 g/mol. The number of nitrogens with one attached hydrogen (secondary N) is 2. The Morgan fingerprint density at radius 2 is 1.76 bits per heavy atom. The number of carbonyl (C=O) groups is 1. The smallest absolute Gasteiger partial charge is 0.250 e. The van der Waals surface area contributed by atoms with Gasteiger partial charge in [-0.3, -0.25) is 4.79 Å². The van der Waals surface area contributed by atoms with Gasteiger partial charge in [0, 0.05) is 32.7 Å². The summed E-state index contributed by atoms with van der Waals surface area (Å²) in [5, 5.41) is 6.49. The molecule has 2 aromatic carbocycles. The number of nitrogens with zero attached hydrogens (tertiary/aromatic N) is 1. The Kier molecular flexibility index (Phi) is 14.3. The number of rotatable bonds is 14. The summed E-state index contributed by atoms with van der Waals surface area (Å²) in [6, 6.07) is 12.2. The van der Waals surface area contributed by atoms with Gasteiger partial charge in [-0.1, -0.05) is 52.0 Å². The number of hydrogen-bond acceptors (Lipinski definition) is 5. The predicted molar refractivity (Wildman–Crippen MR) is 163 cm³/mol. The molecule has 2 aromatic rings. The van der Waals surface area contributed by atoms with Crippen LogP contribution in [0.15, 0.2) is 43.0 Å². The van der Waals surface area contributed by atoms with Gasteiger partial charge >= 0.3 is 0 Å².